The van der Waals surface area contributed by atoms with Crippen molar-refractivity contribution in [3.63, 3.8) is 0 Å². The van der Waals surface area contributed by atoms with Crippen LogP contribution in [-0.2, 0) is 0 Å². The molecule has 0 aromatic heterocycles. The number of hydrogen-bond acceptors (Lipinski definition) is 1. The van der Waals surface area contributed by atoms with E-state index in [9.17, 15) is 0 Å². The van der Waals surface area contributed by atoms with Crippen molar-refractivity contribution in [2.75, 3.05) is 0 Å². The minimum atomic E-state index is 0.879. The minimum Gasteiger partial charge on any atom is -0.417 e. The van der Waals surface area contributed by atoms with E-state index in [-0.39, 0.29) is 0 Å². The quantitative estimate of drug-likeness (QED) is 0.316. The fourth-order valence-electron chi connectivity index (χ4n) is 2.86. The van der Waals surface area contributed by atoms with Gasteiger partial charge in [0.1, 0.15) is 0 Å². The van der Waals surface area contributed by atoms with E-state index in [1.165, 1.54) is 21.5 Å². The Balaban J connectivity index is 2.30. The number of hydrogen-bond donors (Lipinski definition) is 0. The second kappa shape index (κ2) is 4.50. The molecule has 0 atom stereocenters. The third kappa shape index (κ3) is 1.61. The van der Waals surface area contributed by atoms with Crippen LogP contribution in [0.2, 0.25) is 0 Å². The number of halogens is 1. The third-order valence-electron chi connectivity index (χ3n) is 3.80. The Morgan fingerprint density at radius 3 is 2.10 bits per heavy atom. The maximum absolute atomic E-state index is 5.50. The normalized spacial score (nSPS) is 11.2. The average molecular weight is 323 g/mol. The molecule has 1 nitrogen and oxygen atoms in total. The molecule has 4 aromatic carbocycles. The van der Waals surface area contributed by atoms with E-state index in [1.54, 1.807) is 0 Å². The molecular weight excluding hydrogens is 312 g/mol. The number of fused-ring (bicyclic) bond motifs is 4. The van der Waals surface area contributed by atoms with Crippen LogP contribution in [0, 0.1) is 0 Å². The van der Waals surface area contributed by atoms with Crippen LogP contribution in [0.4, 0.5) is 0 Å². The monoisotopic (exact) mass is 322 g/mol. The van der Waals surface area contributed by atoms with Gasteiger partial charge in [-0.25, -0.2) is 0 Å². The first-order valence-corrected chi connectivity index (χ1v) is 7.15. The standard InChI is InChI=1S/C18H11BrO/c19-20-18-15-8-4-2-6-13(15)11-17-14-7-3-1-5-12(14)9-10-16(17)18/h1-11H. The molecule has 0 aliphatic rings. The van der Waals surface area contributed by atoms with Gasteiger partial charge in [-0.15, -0.1) is 0 Å². The molecule has 20 heavy (non-hydrogen) atoms. The molecule has 4 rings (SSSR count). The number of rotatable bonds is 1. The summed E-state index contributed by atoms with van der Waals surface area (Å²) < 4.78 is 5.50. The highest BCUT2D eigenvalue weighted by atomic mass is 79.9. The second-order valence-corrected chi connectivity index (χ2v) is 5.21. The van der Waals surface area contributed by atoms with E-state index in [2.05, 4.69) is 76.9 Å². The van der Waals surface area contributed by atoms with Crippen LogP contribution in [0.5, 0.6) is 5.75 Å². The van der Waals surface area contributed by atoms with Crippen molar-refractivity contribution in [3.05, 3.63) is 66.7 Å². The highest BCUT2D eigenvalue weighted by Gasteiger charge is 2.10. The molecule has 0 saturated heterocycles. The first-order valence-electron chi connectivity index (χ1n) is 6.50. The molecule has 0 radical (unpaired) electrons. The van der Waals surface area contributed by atoms with Crippen LogP contribution in [0.25, 0.3) is 32.3 Å². The molecule has 0 heterocycles. The molecule has 0 N–H and O–H groups in total. The largest absolute Gasteiger partial charge is 0.417 e. The highest BCUT2D eigenvalue weighted by Crippen LogP contribution is 2.38. The fourth-order valence-corrected chi connectivity index (χ4v) is 3.21. The SMILES string of the molecule is BrOc1c2ccccc2cc2c1ccc1ccccc12. The predicted molar refractivity (Wildman–Crippen MR) is 88.5 cm³/mol. The van der Waals surface area contributed by atoms with Crippen molar-refractivity contribution >= 4 is 48.6 Å². The van der Waals surface area contributed by atoms with Crippen LogP contribution >= 0.6 is 16.3 Å². The van der Waals surface area contributed by atoms with E-state index >= 15 is 0 Å². The summed E-state index contributed by atoms with van der Waals surface area (Å²) in [7, 11) is 0. The Morgan fingerprint density at radius 2 is 1.30 bits per heavy atom. The van der Waals surface area contributed by atoms with Gasteiger partial charge in [-0.05, 0) is 33.7 Å². The van der Waals surface area contributed by atoms with Crippen molar-refractivity contribution in [1.29, 1.82) is 0 Å². The molecule has 0 bridgehead atoms. The molecule has 4 aromatic rings. The van der Waals surface area contributed by atoms with Gasteiger partial charge in [0.05, 0.1) is 0 Å². The van der Waals surface area contributed by atoms with Gasteiger partial charge in [0.2, 0.25) is 0 Å². The van der Waals surface area contributed by atoms with Crippen LogP contribution in [-0.4, -0.2) is 0 Å². The summed E-state index contributed by atoms with van der Waals surface area (Å²) in [6.07, 6.45) is 0. The van der Waals surface area contributed by atoms with Crippen LogP contribution in [0.1, 0.15) is 0 Å². The lowest BCUT2D eigenvalue weighted by atomic mass is 9.97. The van der Waals surface area contributed by atoms with Crippen LogP contribution < -0.4 is 3.83 Å². The molecule has 0 saturated carbocycles. The molecular formula is C18H11BrO. The van der Waals surface area contributed by atoms with E-state index < -0.39 is 0 Å². The molecule has 0 fully saturated rings. The lowest BCUT2D eigenvalue weighted by Gasteiger charge is -2.10. The zero-order valence-corrected chi connectivity index (χ0v) is 12.2. The maximum atomic E-state index is 5.50. The van der Waals surface area contributed by atoms with Gasteiger partial charge in [-0.3, -0.25) is 0 Å². The van der Waals surface area contributed by atoms with Crippen LogP contribution in [0.15, 0.2) is 66.7 Å². The first-order chi connectivity index (χ1) is 9.88. The Morgan fingerprint density at radius 1 is 0.600 bits per heavy atom. The summed E-state index contributed by atoms with van der Waals surface area (Å²) in [4.78, 5) is 0. The second-order valence-electron chi connectivity index (χ2n) is 4.89. The summed E-state index contributed by atoms with van der Waals surface area (Å²) in [5.74, 6) is 0.879. The molecule has 96 valence electrons. The third-order valence-corrected chi connectivity index (χ3v) is 4.12. The smallest absolute Gasteiger partial charge is 0.179 e. The lowest BCUT2D eigenvalue weighted by Crippen LogP contribution is -1.84. The molecule has 0 aliphatic heterocycles. The first kappa shape index (κ1) is 11.7. The zero-order valence-electron chi connectivity index (χ0n) is 10.6. The molecule has 0 amide bonds. The summed E-state index contributed by atoms with van der Waals surface area (Å²) >= 11 is 3.16. The Labute approximate surface area is 125 Å². The predicted octanol–water partition coefficient (Wildman–Crippen LogP) is 5.83. The Hall–Kier alpha value is -2.06. The zero-order chi connectivity index (χ0) is 13.5. The molecule has 0 spiro atoms. The summed E-state index contributed by atoms with van der Waals surface area (Å²) in [6.45, 7) is 0. The highest BCUT2D eigenvalue weighted by molar-refractivity contribution is 9.06. The average Bonchev–Trinajstić information content (AvgIpc) is 2.52. The number of benzene rings is 4. The van der Waals surface area contributed by atoms with Crippen molar-refractivity contribution in [2.24, 2.45) is 0 Å². The van der Waals surface area contributed by atoms with E-state index in [1.807, 2.05) is 6.07 Å². The van der Waals surface area contributed by atoms with Gasteiger partial charge in [0.25, 0.3) is 0 Å². The maximum Gasteiger partial charge on any atom is 0.179 e. The van der Waals surface area contributed by atoms with Crippen molar-refractivity contribution < 1.29 is 3.83 Å². The summed E-state index contributed by atoms with van der Waals surface area (Å²) in [5, 5.41) is 7.14. The van der Waals surface area contributed by atoms with Crippen molar-refractivity contribution in [2.45, 2.75) is 0 Å². The van der Waals surface area contributed by atoms with Crippen molar-refractivity contribution in [3.8, 4) is 5.75 Å². The van der Waals surface area contributed by atoms with Crippen LogP contribution in [0.3, 0.4) is 0 Å². The lowest BCUT2D eigenvalue weighted by molar-refractivity contribution is 0.695. The Bertz CT molecular complexity index is 944. The van der Waals surface area contributed by atoms with Gasteiger partial charge in [0, 0.05) is 10.8 Å². The summed E-state index contributed by atoms with van der Waals surface area (Å²) in [6, 6.07) is 23.2. The topological polar surface area (TPSA) is 9.23 Å². The van der Waals surface area contributed by atoms with Gasteiger partial charge in [-0.2, -0.15) is 0 Å². The molecule has 0 aliphatic carbocycles. The summed E-state index contributed by atoms with van der Waals surface area (Å²) in [5.41, 5.74) is 0. The molecule has 2 heteroatoms. The minimum absolute atomic E-state index is 0.879. The Kier molecular flexibility index (Phi) is 2.64. The molecule has 0 unspecified atom stereocenters. The van der Waals surface area contributed by atoms with E-state index in [4.69, 9.17) is 3.83 Å². The van der Waals surface area contributed by atoms with Gasteiger partial charge in [0.15, 0.2) is 22.0 Å². The van der Waals surface area contributed by atoms with Gasteiger partial charge in [-0.1, -0.05) is 54.6 Å². The van der Waals surface area contributed by atoms with Crippen molar-refractivity contribution in [1.82, 2.24) is 0 Å². The van der Waals surface area contributed by atoms with Gasteiger partial charge >= 0.3 is 0 Å². The van der Waals surface area contributed by atoms with Gasteiger partial charge < -0.3 is 3.83 Å². The van der Waals surface area contributed by atoms with E-state index in [0.29, 0.717) is 0 Å². The van der Waals surface area contributed by atoms with E-state index in [0.717, 1.165) is 16.5 Å². The fraction of sp³-hybridized carbons (Fsp3) is 0.